The lowest BCUT2D eigenvalue weighted by Crippen LogP contribution is -2.34. The molecule has 2 aromatic heterocycles. The topological polar surface area (TPSA) is 58.5 Å². The van der Waals surface area contributed by atoms with Crippen LogP contribution in [0.3, 0.4) is 0 Å². The van der Waals surface area contributed by atoms with E-state index in [1.54, 1.807) is 25.3 Å². The lowest BCUT2D eigenvalue weighted by Gasteiger charge is -2.20. The molecule has 0 saturated heterocycles. The highest BCUT2D eigenvalue weighted by Gasteiger charge is 2.25. The van der Waals surface area contributed by atoms with Gasteiger partial charge in [-0.1, -0.05) is 30.3 Å². The van der Waals surface area contributed by atoms with Crippen LogP contribution in [0, 0.1) is 0 Å². The first-order valence-corrected chi connectivity index (χ1v) is 7.26. The van der Waals surface area contributed by atoms with Gasteiger partial charge in [-0.05, 0) is 31.2 Å². The van der Waals surface area contributed by atoms with Gasteiger partial charge in [0.05, 0.1) is 12.8 Å². The van der Waals surface area contributed by atoms with E-state index in [0.717, 1.165) is 17.1 Å². The number of furan rings is 2. The summed E-state index contributed by atoms with van der Waals surface area (Å²) in [6, 6.07) is 17.4. The van der Waals surface area contributed by atoms with Gasteiger partial charge in [-0.3, -0.25) is 0 Å². The Morgan fingerprint density at radius 1 is 1.05 bits per heavy atom. The minimum Gasteiger partial charge on any atom is -0.466 e. The predicted octanol–water partition coefficient (Wildman–Crippen LogP) is 3.54. The lowest BCUT2D eigenvalue weighted by molar-refractivity contribution is 0.0337. The van der Waals surface area contributed by atoms with Gasteiger partial charge in [0.25, 0.3) is 0 Å². The van der Waals surface area contributed by atoms with Crippen molar-refractivity contribution >= 4 is 0 Å². The van der Waals surface area contributed by atoms with Gasteiger partial charge >= 0.3 is 0 Å². The third kappa shape index (κ3) is 3.30. The lowest BCUT2D eigenvalue weighted by atomic mass is 10.0. The van der Waals surface area contributed by atoms with Gasteiger partial charge in [0.15, 0.2) is 0 Å². The minimum absolute atomic E-state index is 0.377. The minimum atomic E-state index is -1.04. The fraction of sp³-hybridized carbons (Fsp3) is 0.222. The number of hydrogen-bond acceptors (Lipinski definition) is 4. The average molecular weight is 297 g/mol. The van der Waals surface area contributed by atoms with Crippen molar-refractivity contribution in [1.82, 2.24) is 5.32 Å². The number of hydrogen-bond donors (Lipinski definition) is 2. The summed E-state index contributed by atoms with van der Waals surface area (Å²) < 4.78 is 11.1. The molecule has 114 valence electrons. The van der Waals surface area contributed by atoms with Crippen LogP contribution in [0.25, 0.3) is 11.3 Å². The van der Waals surface area contributed by atoms with Gasteiger partial charge in [-0.2, -0.15) is 0 Å². The van der Waals surface area contributed by atoms with Crippen molar-refractivity contribution in [2.24, 2.45) is 0 Å². The number of benzene rings is 1. The summed E-state index contributed by atoms with van der Waals surface area (Å²) in [5.74, 6) is 2.22. The van der Waals surface area contributed by atoms with Gasteiger partial charge < -0.3 is 19.3 Å². The molecule has 2 N–H and O–H groups in total. The van der Waals surface area contributed by atoms with Crippen molar-refractivity contribution in [3.05, 3.63) is 72.4 Å². The van der Waals surface area contributed by atoms with Crippen molar-refractivity contribution < 1.29 is 13.9 Å². The molecule has 0 saturated carbocycles. The molecule has 4 heteroatoms. The molecule has 3 aromatic rings. The van der Waals surface area contributed by atoms with E-state index in [9.17, 15) is 5.11 Å². The molecule has 0 aliphatic rings. The third-order valence-corrected chi connectivity index (χ3v) is 3.54. The molecule has 1 aromatic carbocycles. The van der Waals surface area contributed by atoms with Crippen LogP contribution in [0.1, 0.15) is 18.4 Å². The molecule has 1 unspecified atom stereocenters. The van der Waals surface area contributed by atoms with E-state index < -0.39 is 5.60 Å². The standard InChI is InChI=1S/C18H19NO3/c1-18(20,17-8-5-11-21-17)13-19-12-15-9-10-16(22-15)14-6-3-2-4-7-14/h2-11,19-20H,12-13H2,1H3. The summed E-state index contributed by atoms with van der Waals surface area (Å²) in [6.45, 7) is 2.64. The van der Waals surface area contributed by atoms with E-state index in [1.165, 1.54) is 0 Å². The largest absolute Gasteiger partial charge is 0.466 e. The van der Waals surface area contributed by atoms with Crippen molar-refractivity contribution in [2.45, 2.75) is 19.1 Å². The van der Waals surface area contributed by atoms with Crippen LogP contribution < -0.4 is 5.32 Å². The average Bonchev–Trinajstić information content (AvgIpc) is 3.20. The predicted molar refractivity (Wildman–Crippen MR) is 84.1 cm³/mol. The SMILES string of the molecule is CC(O)(CNCc1ccc(-c2ccccc2)o1)c1ccco1. The maximum absolute atomic E-state index is 10.3. The van der Waals surface area contributed by atoms with Crippen LogP contribution in [-0.2, 0) is 12.1 Å². The van der Waals surface area contributed by atoms with E-state index >= 15 is 0 Å². The van der Waals surface area contributed by atoms with Crippen LogP contribution in [-0.4, -0.2) is 11.7 Å². The summed E-state index contributed by atoms with van der Waals surface area (Å²) in [4.78, 5) is 0. The molecule has 0 aliphatic heterocycles. The zero-order chi connectivity index (χ0) is 15.4. The highest BCUT2D eigenvalue weighted by molar-refractivity contribution is 5.57. The summed E-state index contributed by atoms with van der Waals surface area (Å²) in [5, 5.41) is 13.5. The van der Waals surface area contributed by atoms with Crippen LogP contribution in [0.5, 0.6) is 0 Å². The Bertz CT molecular complexity index is 699. The van der Waals surface area contributed by atoms with Crippen molar-refractivity contribution in [3.63, 3.8) is 0 Å². The van der Waals surface area contributed by atoms with Gasteiger partial charge in [-0.15, -0.1) is 0 Å². The zero-order valence-corrected chi connectivity index (χ0v) is 12.5. The quantitative estimate of drug-likeness (QED) is 0.730. The summed E-state index contributed by atoms with van der Waals surface area (Å²) >= 11 is 0. The first-order chi connectivity index (χ1) is 10.6. The Labute approximate surface area is 129 Å². The van der Waals surface area contributed by atoms with E-state index in [2.05, 4.69) is 5.32 Å². The van der Waals surface area contributed by atoms with E-state index in [1.807, 2.05) is 42.5 Å². The molecule has 0 radical (unpaired) electrons. The fourth-order valence-corrected chi connectivity index (χ4v) is 2.33. The van der Waals surface area contributed by atoms with Crippen molar-refractivity contribution in [3.8, 4) is 11.3 Å². The molecule has 1 atom stereocenters. The summed E-state index contributed by atoms with van der Waals surface area (Å²) in [7, 11) is 0. The molecule has 0 amide bonds. The Morgan fingerprint density at radius 2 is 1.86 bits per heavy atom. The number of nitrogens with one attached hydrogen (secondary N) is 1. The van der Waals surface area contributed by atoms with E-state index in [4.69, 9.17) is 8.83 Å². The highest BCUT2D eigenvalue weighted by atomic mass is 16.4. The molecule has 3 rings (SSSR count). The summed E-state index contributed by atoms with van der Waals surface area (Å²) in [5.41, 5.74) is 0.00886. The zero-order valence-electron chi connectivity index (χ0n) is 12.5. The van der Waals surface area contributed by atoms with Gasteiger partial charge in [-0.25, -0.2) is 0 Å². The smallest absolute Gasteiger partial charge is 0.136 e. The normalized spacial score (nSPS) is 13.9. The number of aliphatic hydroxyl groups is 1. The Balaban J connectivity index is 1.58. The third-order valence-electron chi connectivity index (χ3n) is 3.54. The molecule has 4 nitrogen and oxygen atoms in total. The Kier molecular flexibility index (Phi) is 4.13. The molecule has 22 heavy (non-hydrogen) atoms. The fourth-order valence-electron chi connectivity index (χ4n) is 2.33. The highest BCUT2D eigenvalue weighted by Crippen LogP contribution is 2.22. The van der Waals surface area contributed by atoms with E-state index in [-0.39, 0.29) is 0 Å². The number of rotatable bonds is 6. The van der Waals surface area contributed by atoms with Crippen molar-refractivity contribution in [2.75, 3.05) is 6.54 Å². The second kappa shape index (κ2) is 6.22. The molecule has 0 bridgehead atoms. The first kappa shape index (κ1) is 14.6. The van der Waals surface area contributed by atoms with E-state index in [0.29, 0.717) is 18.8 Å². The van der Waals surface area contributed by atoms with Crippen molar-refractivity contribution in [1.29, 1.82) is 0 Å². The maximum atomic E-state index is 10.3. The molecular weight excluding hydrogens is 278 g/mol. The second-order valence-electron chi connectivity index (χ2n) is 5.49. The van der Waals surface area contributed by atoms with Crippen LogP contribution in [0.2, 0.25) is 0 Å². The molecular formula is C18H19NO3. The first-order valence-electron chi connectivity index (χ1n) is 7.26. The molecule has 0 spiro atoms. The molecule has 0 aliphatic carbocycles. The van der Waals surface area contributed by atoms with Crippen LogP contribution in [0.15, 0.2) is 69.7 Å². The summed E-state index contributed by atoms with van der Waals surface area (Å²) in [6.07, 6.45) is 1.56. The van der Waals surface area contributed by atoms with Crippen LogP contribution >= 0.6 is 0 Å². The molecule has 2 heterocycles. The monoisotopic (exact) mass is 297 g/mol. The molecule has 0 fully saturated rings. The van der Waals surface area contributed by atoms with Gasteiger partial charge in [0, 0.05) is 12.1 Å². The van der Waals surface area contributed by atoms with Gasteiger partial charge in [0.2, 0.25) is 0 Å². The van der Waals surface area contributed by atoms with Crippen LogP contribution in [0.4, 0.5) is 0 Å². The maximum Gasteiger partial charge on any atom is 0.136 e. The van der Waals surface area contributed by atoms with Gasteiger partial charge in [0.1, 0.15) is 22.9 Å². The second-order valence-corrected chi connectivity index (χ2v) is 5.49. The Hall–Kier alpha value is -2.30. The Morgan fingerprint density at radius 3 is 2.59 bits per heavy atom.